The summed E-state index contributed by atoms with van der Waals surface area (Å²) < 4.78 is 5.22. The predicted molar refractivity (Wildman–Crippen MR) is 103 cm³/mol. The fourth-order valence-electron chi connectivity index (χ4n) is 3.05. The Kier molecular flexibility index (Phi) is 6.05. The van der Waals surface area contributed by atoms with Gasteiger partial charge in [-0.1, -0.05) is 72.8 Å². The molecule has 0 spiro atoms. The van der Waals surface area contributed by atoms with E-state index in [4.69, 9.17) is 4.74 Å². The van der Waals surface area contributed by atoms with E-state index >= 15 is 0 Å². The van der Waals surface area contributed by atoms with Crippen LogP contribution in [0.1, 0.15) is 17.5 Å². The summed E-state index contributed by atoms with van der Waals surface area (Å²) in [5, 5.41) is 14.0. The fraction of sp³-hybridized carbons (Fsp3) is 0.182. The van der Waals surface area contributed by atoms with E-state index in [-0.39, 0.29) is 13.0 Å². The molecule has 3 aromatic rings. The summed E-state index contributed by atoms with van der Waals surface area (Å²) in [7, 11) is 0. The van der Waals surface area contributed by atoms with E-state index in [0.717, 1.165) is 21.9 Å². The lowest BCUT2D eigenvalue weighted by molar-refractivity contribution is -0.137. The molecule has 1 amide bonds. The molecule has 3 aromatic carbocycles. The van der Waals surface area contributed by atoms with Crippen molar-refractivity contribution >= 4 is 22.8 Å². The molecular formula is C22H21NO4. The summed E-state index contributed by atoms with van der Waals surface area (Å²) in [5.74, 6) is -0.969. The van der Waals surface area contributed by atoms with E-state index in [0.29, 0.717) is 6.42 Å². The highest BCUT2D eigenvalue weighted by atomic mass is 16.5. The predicted octanol–water partition coefficient (Wildman–Crippen LogP) is 4.15. The lowest BCUT2D eigenvalue weighted by Gasteiger charge is -2.18. The molecule has 5 heteroatoms. The second kappa shape index (κ2) is 8.85. The molecule has 0 aliphatic rings. The van der Waals surface area contributed by atoms with E-state index < -0.39 is 18.1 Å². The molecule has 0 bridgehead atoms. The average Bonchev–Trinajstić information content (AvgIpc) is 2.67. The third kappa shape index (κ3) is 5.31. The molecule has 0 aliphatic heterocycles. The first-order valence-electron chi connectivity index (χ1n) is 8.77. The number of carbonyl (C=O) groups is 2. The van der Waals surface area contributed by atoms with E-state index in [2.05, 4.69) is 5.32 Å². The maximum atomic E-state index is 12.1. The number of ether oxygens (including phenoxy) is 1. The monoisotopic (exact) mass is 363 g/mol. The first-order chi connectivity index (χ1) is 13.1. The van der Waals surface area contributed by atoms with Gasteiger partial charge in [0.05, 0.1) is 6.42 Å². The van der Waals surface area contributed by atoms with Crippen molar-refractivity contribution in [2.75, 3.05) is 0 Å². The number of fused-ring (bicyclic) bond motifs is 1. The van der Waals surface area contributed by atoms with Crippen LogP contribution >= 0.6 is 0 Å². The summed E-state index contributed by atoms with van der Waals surface area (Å²) in [4.78, 5) is 23.4. The minimum Gasteiger partial charge on any atom is -0.481 e. The second-order valence-corrected chi connectivity index (χ2v) is 6.34. The van der Waals surface area contributed by atoms with Gasteiger partial charge in [-0.2, -0.15) is 0 Å². The number of carbonyl (C=O) groups excluding carboxylic acids is 1. The highest BCUT2D eigenvalue weighted by molar-refractivity contribution is 5.85. The number of alkyl carbamates (subject to hydrolysis) is 1. The van der Waals surface area contributed by atoms with Crippen LogP contribution in [0.15, 0.2) is 72.8 Å². The third-order valence-electron chi connectivity index (χ3n) is 4.30. The van der Waals surface area contributed by atoms with Gasteiger partial charge in [0.25, 0.3) is 0 Å². The van der Waals surface area contributed by atoms with E-state index in [9.17, 15) is 14.7 Å². The molecular weight excluding hydrogens is 342 g/mol. The van der Waals surface area contributed by atoms with Crippen molar-refractivity contribution in [3.8, 4) is 0 Å². The Morgan fingerprint density at radius 2 is 1.63 bits per heavy atom. The highest BCUT2D eigenvalue weighted by Crippen LogP contribution is 2.20. The molecule has 0 unspecified atom stereocenters. The van der Waals surface area contributed by atoms with Crippen LogP contribution in [0.5, 0.6) is 0 Å². The average molecular weight is 363 g/mol. The van der Waals surface area contributed by atoms with Crippen molar-refractivity contribution in [1.82, 2.24) is 5.32 Å². The Morgan fingerprint density at radius 1 is 0.926 bits per heavy atom. The Bertz CT molecular complexity index is 919. The van der Waals surface area contributed by atoms with Crippen LogP contribution in [0.4, 0.5) is 4.79 Å². The molecule has 2 N–H and O–H groups in total. The van der Waals surface area contributed by atoms with Crippen LogP contribution in [0, 0.1) is 0 Å². The summed E-state index contributed by atoms with van der Waals surface area (Å²) in [5.41, 5.74) is 1.86. The number of carboxylic acids is 1. The number of rotatable bonds is 7. The van der Waals surface area contributed by atoms with Crippen molar-refractivity contribution in [2.24, 2.45) is 0 Å². The molecule has 1 atom stereocenters. The van der Waals surface area contributed by atoms with Gasteiger partial charge >= 0.3 is 12.1 Å². The molecule has 138 valence electrons. The molecule has 27 heavy (non-hydrogen) atoms. The molecule has 0 radical (unpaired) electrons. The molecule has 5 nitrogen and oxygen atoms in total. The number of amides is 1. The number of carboxylic acid groups (broad SMARTS) is 1. The summed E-state index contributed by atoms with van der Waals surface area (Å²) >= 11 is 0. The summed E-state index contributed by atoms with van der Waals surface area (Å²) in [6.45, 7) is 0.140. The number of hydrogen-bond acceptors (Lipinski definition) is 3. The van der Waals surface area contributed by atoms with Crippen LogP contribution in [-0.4, -0.2) is 23.2 Å². The third-order valence-corrected chi connectivity index (χ3v) is 4.30. The zero-order valence-corrected chi connectivity index (χ0v) is 14.8. The van der Waals surface area contributed by atoms with E-state index in [1.165, 1.54) is 0 Å². The van der Waals surface area contributed by atoms with Gasteiger partial charge in [0.2, 0.25) is 0 Å². The fourth-order valence-corrected chi connectivity index (χ4v) is 3.05. The Balaban J connectivity index is 1.68. The van der Waals surface area contributed by atoms with Gasteiger partial charge in [0, 0.05) is 6.04 Å². The normalized spacial score (nSPS) is 11.7. The number of hydrogen-bond donors (Lipinski definition) is 2. The summed E-state index contributed by atoms with van der Waals surface area (Å²) in [6.07, 6.45) is -0.386. The number of aliphatic carboxylic acids is 1. The van der Waals surface area contributed by atoms with Crippen molar-refractivity contribution in [3.05, 3.63) is 83.9 Å². The van der Waals surface area contributed by atoms with Crippen molar-refractivity contribution < 1.29 is 19.4 Å². The van der Waals surface area contributed by atoms with E-state index in [1.54, 1.807) is 0 Å². The highest BCUT2D eigenvalue weighted by Gasteiger charge is 2.18. The molecule has 0 aromatic heterocycles. The largest absolute Gasteiger partial charge is 0.481 e. The molecule has 0 aliphatic carbocycles. The van der Waals surface area contributed by atoms with Gasteiger partial charge in [-0.25, -0.2) is 4.79 Å². The zero-order valence-electron chi connectivity index (χ0n) is 14.8. The quantitative estimate of drug-likeness (QED) is 0.661. The van der Waals surface area contributed by atoms with Gasteiger partial charge < -0.3 is 15.2 Å². The smallest absolute Gasteiger partial charge is 0.407 e. The second-order valence-electron chi connectivity index (χ2n) is 6.34. The molecule has 0 saturated carbocycles. The molecule has 0 heterocycles. The van der Waals surface area contributed by atoms with Crippen LogP contribution in [0.2, 0.25) is 0 Å². The zero-order chi connectivity index (χ0) is 19.1. The SMILES string of the molecule is O=C(O)C[C@@H](Cc1cccc2ccccc12)NC(=O)OCc1ccccc1. The van der Waals surface area contributed by atoms with Crippen LogP contribution in [0.3, 0.4) is 0 Å². The first-order valence-corrected chi connectivity index (χ1v) is 8.77. The summed E-state index contributed by atoms with van der Waals surface area (Å²) in [6, 6.07) is 22.6. The Morgan fingerprint density at radius 3 is 2.41 bits per heavy atom. The van der Waals surface area contributed by atoms with Crippen molar-refractivity contribution in [1.29, 1.82) is 0 Å². The lowest BCUT2D eigenvalue weighted by atomic mass is 9.97. The topological polar surface area (TPSA) is 75.6 Å². The minimum atomic E-state index is -0.969. The minimum absolute atomic E-state index is 0.140. The van der Waals surface area contributed by atoms with Gasteiger partial charge in [0.1, 0.15) is 6.61 Å². The first kappa shape index (κ1) is 18.5. The van der Waals surface area contributed by atoms with E-state index in [1.807, 2.05) is 72.8 Å². The van der Waals surface area contributed by atoms with Crippen LogP contribution in [0.25, 0.3) is 10.8 Å². The van der Waals surface area contributed by atoms with Crippen LogP contribution < -0.4 is 5.32 Å². The maximum absolute atomic E-state index is 12.1. The van der Waals surface area contributed by atoms with Gasteiger partial charge in [-0.15, -0.1) is 0 Å². The Hall–Kier alpha value is -3.34. The lowest BCUT2D eigenvalue weighted by Crippen LogP contribution is -2.38. The Labute approximate surface area is 157 Å². The standard InChI is InChI=1S/C22H21NO4/c24-21(25)14-19(23-22(26)27-15-16-7-2-1-3-8-16)13-18-11-6-10-17-9-4-5-12-20(17)18/h1-12,19H,13-15H2,(H,23,26)(H,24,25)/t19-/m1/s1. The number of benzene rings is 3. The molecule has 0 saturated heterocycles. The van der Waals surface area contributed by atoms with Gasteiger partial charge in [0.15, 0.2) is 0 Å². The van der Waals surface area contributed by atoms with Crippen LogP contribution in [-0.2, 0) is 22.6 Å². The van der Waals surface area contributed by atoms with Crippen molar-refractivity contribution in [2.45, 2.75) is 25.5 Å². The van der Waals surface area contributed by atoms with Crippen molar-refractivity contribution in [3.63, 3.8) is 0 Å². The molecule has 3 rings (SSSR count). The van der Waals surface area contributed by atoms with Gasteiger partial charge in [-0.3, -0.25) is 4.79 Å². The maximum Gasteiger partial charge on any atom is 0.407 e. The van der Waals surface area contributed by atoms with Gasteiger partial charge in [-0.05, 0) is 28.3 Å². The number of nitrogens with one attached hydrogen (secondary N) is 1. The molecule has 0 fully saturated rings.